The molecular weight excluding hydrogens is 389 g/mol. The maximum absolute atomic E-state index is 12.7. The maximum atomic E-state index is 12.7. The number of nitrogens with zero attached hydrogens (tertiary/aromatic N) is 1. The van der Waals surface area contributed by atoms with Crippen molar-refractivity contribution < 1.29 is 14.1 Å². The van der Waals surface area contributed by atoms with Gasteiger partial charge in [0.25, 0.3) is 0 Å². The predicted octanol–water partition coefficient (Wildman–Crippen LogP) is 5.21. The number of thioether (sulfide) groups is 2. The number of rotatable bonds is 7. The monoisotopic (exact) mass is 405 g/mol. The molecule has 0 radical (unpaired) electrons. The minimum atomic E-state index is -0.479. The lowest BCUT2D eigenvalue weighted by molar-refractivity contribution is 0.0393. The highest BCUT2D eigenvalue weighted by Gasteiger charge is 2.27. The summed E-state index contributed by atoms with van der Waals surface area (Å²) in [7, 11) is 0. The number of carbonyl (C=O) groups excluding carboxylic acids is 1. The summed E-state index contributed by atoms with van der Waals surface area (Å²) in [6.45, 7) is 1.66. The lowest BCUT2D eigenvalue weighted by atomic mass is 10.1. The van der Waals surface area contributed by atoms with Gasteiger partial charge >= 0.3 is 5.97 Å². The van der Waals surface area contributed by atoms with E-state index in [2.05, 4.69) is 5.16 Å². The fourth-order valence-corrected chi connectivity index (χ4v) is 4.05. The summed E-state index contributed by atoms with van der Waals surface area (Å²) in [4.78, 5) is 12.7. The van der Waals surface area contributed by atoms with Crippen LogP contribution in [0.15, 0.2) is 22.7 Å². The Morgan fingerprint density at radius 2 is 1.83 bits per heavy atom. The molecule has 0 fully saturated rings. The Labute approximate surface area is 159 Å². The fraction of sp³-hybridized carbons (Fsp3) is 0.375. The van der Waals surface area contributed by atoms with Gasteiger partial charge in [-0.2, -0.15) is 23.5 Å². The standard InChI is InChI=1S/C16H17Cl2NO3S2/c1-9-13(16(20)21-10(7-23-2)8-24-3)15(19-22-9)14-11(17)5-4-6-12(14)18/h4-6,10H,7-8H2,1-3H3. The van der Waals surface area contributed by atoms with Gasteiger partial charge in [-0.05, 0) is 31.6 Å². The van der Waals surface area contributed by atoms with Crippen molar-refractivity contribution in [3.05, 3.63) is 39.6 Å². The zero-order valence-corrected chi connectivity index (χ0v) is 16.6. The largest absolute Gasteiger partial charge is 0.457 e. The highest BCUT2D eigenvalue weighted by Crippen LogP contribution is 2.37. The van der Waals surface area contributed by atoms with E-state index in [9.17, 15) is 4.79 Å². The van der Waals surface area contributed by atoms with Crippen molar-refractivity contribution in [1.29, 1.82) is 0 Å². The Morgan fingerprint density at radius 1 is 1.25 bits per heavy atom. The van der Waals surface area contributed by atoms with Gasteiger partial charge in [0.05, 0.1) is 10.0 Å². The van der Waals surface area contributed by atoms with Crippen LogP contribution in [0.2, 0.25) is 10.0 Å². The molecule has 130 valence electrons. The van der Waals surface area contributed by atoms with Gasteiger partial charge < -0.3 is 9.26 Å². The van der Waals surface area contributed by atoms with E-state index < -0.39 is 5.97 Å². The number of esters is 1. The SMILES string of the molecule is CSCC(CSC)OC(=O)c1c(-c2c(Cl)cccc2Cl)noc1C. The zero-order chi connectivity index (χ0) is 17.7. The molecule has 1 heterocycles. The van der Waals surface area contributed by atoms with Crippen molar-refractivity contribution in [1.82, 2.24) is 5.16 Å². The number of ether oxygens (including phenoxy) is 1. The minimum absolute atomic E-state index is 0.189. The Balaban J connectivity index is 2.38. The van der Waals surface area contributed by atoms with Crippen molar-refractivity contribution in [3.63, 3.8) is 0 Å². The van der Waals surface area contributed by atoms with Crippen molar-refractivity contribution in [2.75, 3.05) is 24.0 Å². The number of aromatic nitrogens is 1. The van der Waals surface area contributed by atoms with Crippen molar-refractivity contribution in [2.24, 2.45) is 0 Å². The van der Waals surface area contributed by atoms with Crippen LogP contribution >= 0.6 is 46.7 Å². The number of benzene rings is 1. The molecule has 0 aliphatic rings. The lowest BCUT2D eigenvalue weighted by Gasteiger charge is -2.16. The second-order valence-corrected chi connectivity index (χ2v) is 7.63. The molecule has 0 amide bonds. The molecule has 24 heavy (non-hydrogen) atoms. The van der Waals surface area contributed by atoms with Crippen LogP contribution in [-0.2, 0) is 4.74 Å². The van der Waals surface area contributed by atoms with Gasteiger partial charge in [0.1, 0.15) is 23.1 Å². The van der Waals surface area contributed by atoms with E-state index in [1.54, 1.807) is 48.6 Å². The molecule has 2 rings (SSSR count). The predicted molar refractivity (Wildman–Crippen MR) is 103 cm³/mol. The van der Waals surface area contributed by atoms with Gasteiger partial charge in [0.2, 0.25) is 0 Å². The van der Waals surface area contributed by atoms with Crippen LogP contribution < -0.4 is 0 Å². The van der Waals surface area contributed by atoms with E-state index in [4.69, 9.17) is 32.5 Å². The topological polar surface area (TPSA) is 52.3 Å². The first kappa shape index (κ1) is 19.5. The normalized spacial score (nSPS) is 11.1. The van der Waals surface area contributed by atoms with Crippen LogP contribution in [0.1, 0.15) is 16.1 Å². The van der Waals surface area contributed by atoms with Crippen LogP contribution in [0, 0.1) is 6.92 Å². The average Bonchev–Trinajstić information content (AvgIpc) is 2.89. The number of hydrogen-bond donors (Lipinski definition) is 0. The van der Waals surface area contributed by atoms with E-state index in [0.717, 1.165) is 11.5 Å². The highest BCUT2D eigenvalue weighted by molar-refractivity contribution is 7.99. The molecule has 0 saturated carbocycles. The number of hydrogen-bond acceptors (Lipinski definition) is 6. The van der Waals surface area contributed by atoms with Crippen molar-refractivity contribution >= 4 is 52.7 Å². The smallest absolute Gasteiger partial charge is 0.344 e. The molecule has 0 atom stereocenters. The van der Waals surface area contributed by atoms with Gasteiger partial charge in [0.15, 0.2) is 0 Å². The molecule has 0 spiro atoms. The number of carbonyl (C=O) groups is 1. The van der Waals surface area contributed by atoms with Gasteiger partial charge in [-0.3, -0.25) is 0 Å². The molecule has 2 aromatic rings. The molecule has 8 heteroatoms. The molecule has 0 aliphatic carbocycles. The molecule has 0 aliphatic heterocycles. The third kappa shape index (κ3) is 4.42. The molecule has 4 nitrogen and oxygen atoms in total. The molecule has 1 aromatic heterocycles. The Kier molecular flexibility index (Phi) is 7.34. The minimum Gasteiger partial charge on any atom is -0.457 e. The molecule has 0 unspecified atom stereocenters. The highest BCUT2D eigenvalue weighted by atomic mass is 35.5. The molecule has 0 bridgehead atoms. The van der Waals surface area contributed by atoms with E-state index in [1.807, 2.05) is 12.5 Å². The van der Waals surface area contributed by atoms with Gasteiger partial charge in [0, 0.05) is 17.1 Å². The van der Waals surface area contributed by atoms with E-state index in [-0.39, 0.29) is 11.7 Å². The van der Waals surface area contributed by atoms with Crippen LogP contribution in [0.25, 0.3) is 11.3 Å². The Morgan fingerprint density at radius 3 is 2.38 bits per heavy atom. The molecule has 0 N–H and O–H groups in total. The first-order chi connectivity index (χ1) is 11.5. The molecule has 1 aromatic carbocycles. The van der Waals surface area contributed by atoms with E-state index in [0.29, 0.717) is 27.1 Å². The van der Waals surface area contributed by atoms with Crippen LogP contribution in [0.5, 0.6) is 0 Å². The average molecular weight is 406 g/mol. The zero-order valence-electron chi connectivity index (χ0n) is 13.5. The second kappa shape index (κ2) is 9.04. The summed E-state index contributed by atoms with van der Waals surface area (Å²) in [6.07, 6.45) is 3.76. The summed E-state index contributed by atoms with van der Waals surface area (Å²) >= 11 is 15.7. The van der Waals surface area contributed by atoms with Gasteiger partial charge in [-0.1, -0.05) is 34.4 Å². The quantitative estimate of drug-likeness (QED) is 0.589. The Bertz CT molecular complexity index is 695. The number of aryl methyl sites for hydroxylation is 1. The van der Waals surface area contributed by atoms with Gasteiger partial charge in [-0.25, -0.2) is 4.79 Å². The molecule has 0 saturated heterocycles. The fourth-order valence-electron chi connectivity index (χ4n) is 2.21. The maximum Gasteiger partial charge on any atom is 0.344 e. The summed E-state index contributed by atoms with van der Waals surface area (Å²) in [6, 6.07) is 5.10. The number of halogens is 2. The van der Waals surface area contributed by atoms with E-state index >= 15 is 0 Å². The lowest BCUT2D eigenvalue weighted by Crippen LogP contribution is -2.23. The summed E-state index contributed by atoms with van der Waals surface area (Å²) in [5, 5.41) is 4.77. The molecular formula is C16H17Cl2NO3S2. The first-order valence-corrected chi connectivity index (χ1v) is 10.6. The third-order valence-electron chi connectivity index (χ3n) is 3.25. The summed E-state index contributed by atoms with van der Waals surface area (Å²) in [5.74, 6) is 1.34. The van der Waals surface area contributed by atoms with Crippen LogP contribution in [-0.4, -0.2) is 41.2 Å². The third-order valence-corrected chi connectivity index (χ3v) is 5.29. The van der Waals surface area contributed by atoms with Crippen LogP contribution in [0.4, 0.5) is 0 Å². The Hall–Kier alpha value is -0.820. The second-order valence-electron chi connectivity index (χ2n) is 5.00. The first-order valence-electron chi connectivity index (χ1n) is 7.09. The van der Waals surface area contributed by atoms with E-state index in [1.165, 1.54) is 0 Å². The summed E-state index contributed by atoms with van der Waals surface area (Å²) in [5.41, 5.74) is 1.04. The van der Waals surface area contributed by atoms with Crippen molar-refractivity contribution in [2.45, 2.75) is 13.0 Å². The van der Waals surface area contributed by atoms with Crippen LogP contribution in [0.3, 0.4) is 0 Å². The summed E-state index contributed by atoms with van der Waals surface area (Å²) < 4.78 is 10.8. The van der Waals surface area contributed by atoms with Gasteiger partial charge in [-0.15, -0.1) is 0 Å². The van der Waals surface area contributed by atoms with Crippen molar-refractivity contribution in [3.8, 4) is 11.3 Å².